The smallest absolute Gasteiger partial charge is 0.0406 e. The van der Waals surface area contributed by atoms with Gasteiger partial charge < -0.3 is 10.2 Å². The van der Waals surface area contributed by atoms with Crippen LogP contribution >= 0.6 is 11.6 Å². The lowest BCUT2D eigenvalue weighted by molar-refractivity contribution is 0.212. The predicted octanol–water partition coefficient (Wildman–Crippen LogP) is 3.34. The van der Waals surface area contributed by atoms with Crippen LogP contribution in [0.15, 0.2) is 24.3 Å². The van der Waals surface area contributed by atoms with Crippen molar-refractivity contribution < 1.29 is 0 Å². The van der Waals surface area contributed by atoms with E-state index >= 15 is 0 Å². The van der Waals surface area contributed by atoms with E-state index in [0.717, 1.165) is 18.0 Å². The van der Waals surface area contributed by atoms with E-state index in [4.69, 9.17) is 11.6 Å². The molecule has 0 aromatic heterocycles. The van der Waals surface area contributed by atoms with E-state index in [1.165, 1.54) is 31.4 Å². The lowest BCUT2D eigenvalue weighted by atomic mass is 10.0. The van der Waals surface area contributed by atoms with E-state index in [-0.39, 0.29) is 0 Å². The van der Waals surface area contributed by atoms with Crippen molar-refractivity contribution in [3.63, 3.8) is 0 Å². The van der Waals surface area contributed by atoms with Crippen molar-refractivity contribution in [2.45, 2.75) is 44.7 Å². The Morgan fingerprint density at radius 3 is 2.68 bits per heavy atom. The molecule has 1 fully saturated rings. The summed E-state index contributed by atoms with van der Waals surface area (Å²) < 4.78 is 0. The zero-order valence-electron chi connectivity index (χ0n) is 12.0. The fourth-order valence-corrected chi connectivity index (χ4v) is 2.85. The third-order valence-electron chi connectivity index (χ3n) is 4.12. The van der Waals surface area contributed by atoms with Gasteiger partial charge in [0.1, 0.15) is 0 Å². The summed E-state index contributed by atoms with van der Waals surface area (Å²) >= 11 is 5.92. The summed E-state index contributed by atoms with van der Waals surface area (Å²) in [4.78, 5) is 2.47. The molecule has 1 aromatic rings. The summed E-state index contributed by atoms with van der Waals surface area (Å²) in [6.07, 6.45) is 5.11. The van der Waals surface area contributed by atoms with Gasteiger partial charge in [0.15, 0.2) is 0 Å². The van der Waals surface area contributed by atoms with Crippen LogP contribution in [0, 0.1) is 0 Å². The molecule has 0 saturated carbocycles. The molecule has 19 heavy (non-hydrogen) atoms. The largest absolute Gasteiger partial charge is 0.313 e. The van der Waals surface area contributed by atoms with Crippen LogP contribution in [0.2, 0.25) is 5.02 Å². The number of rotatable bonds is 5. The van der Waals surface area contributed by atoms with E-state index in [1.807, 2.05) is 12.1 Å². The van der Waals surface area contributed by atoms with Gasteiger partial charge >= 0.3 is 0 Å². The van der Waals surface area contributed by atoms with Crippen LogP contribution in [0.4, 0.5) is 0 Å². The third-order valence-corrected chi connectivity index (χ3v) is 4.37. The summed E-state index contributed by atoms with van der Waals surface area (Å²) in [5, 5.41) is 4.43. The topological polar surface area (TPSA) is 15.3 Å². The monoisotopic (exact) mass is 280 g/mol. The van der Waals surface area contributed by atoms with Gasteiger partial charge in [-0.15, -0.1) is 0 Å². The van der Waals surface area contributed by atoms with Crippen LogP contribution < -0.4 is 5.32 Å². The number of nitrogens with zero attached hydrogens (tertiary/aromatic N) is 1. The molecule has 1 aliphatic rings. The quantitative estimate of drug-likeness (QED) is 0.890. The summed E-state index contributed by atoms with van der Waals surface area (Å²) in [5.74, 6) is 0. The molecule has 1 saturated heterocycles. The van der Waals surface area contributed by atoms with Gasteiger partial charge in [0.05, 0.1) is 0 Å². The Hall–Kier alpha value is -0.570. The number of halogens is 1. The molecule has 1 heterocycles. The van der Waals surface area contributed by atoms with E-state index < -0.39 is 0 Å². The maximum absolute atomic E-state index is 5.92. The Morgan fingerprint density at radius 2 is 2.05 bits per heavy atom. The molecule has 106 valence electrons. The first kappa shape index (κ1) is 14.8. The number of likely N-dealkylation sites (N-methyl/N-ethyl adjacent to an activating group) is 1. The predicted molar refractivity (Wildman–Crippen MR) is 82.9 cm³/mol. The standard InChI is InChI=1S/C16H25ClN2/c1-13(11-14-6-8-15(17)9-7-14)19(2)12-16-5-3-4-10-18-16/h6-9,13,16,18H,3-5,10-12H2,1-2H3. The highest BCUT2D eigenvalue weighted by molar-refractivity contribution is 6.30. The number of benzene rings is 1. The second kappa shape index (κ2) is 7.28. The van der Waals surface area contributed by atoms with Crippen LogP contribution in [0.1, 0.15) is 31.7 Å². The highest BCUT2D eigenvalue weighted by atomic mass is 35.5. The lowest BCUT2D eigenvalue weighted by Gasteiger charge is -2.31. The SMILES string of the molecule is CC(Cc1ccc(Cl)cc1)N(C)CC1CCCCN1. The molecule has 2 rings (SSSR count). The maximum Gasteiger partial charge on any atom is 0.0406 e. The summed E-state index contributed by atoms with van der Waals surface area (Å²) in [6, 6.07) is 9.45. The van der Waals surface area contributed by atoms with Crippen molar-refractivity contribution in [3.05, 3.63) is 34.9 Å². The highest BCUT2D eigenvalue weighted by Crippen LogP contribution is 2.14. The normalized spacial score (nSPS) is 21.6. The third kappa shape index (κ3) is 4.79. The van der Waals surface area contributed by atoms with Gasteiger partial charge in [-0.2, -0.15) is 0 Å². The molecule has 1 aromatic carbocycles. The van der Waals surface area contributed by atoms with Crippen LogP contribution in [-0.2, 0) is 6.42 Å². The summed E-state index contributed by atoms with van der Waals surface area (Å²) in [5.41, 5.74) is 1.36. The van der Waals surface area contributed by atoms with Crippen molar-refractivity contribution >= 4 is 11.6 Å². The summed E-state index contributed by atoms with van der Waals surface area (Å²) in [7, 11) is 2.23. The molecular formula is C16H25ClN2. The van der Waals surface area contributed by atoms with Crippen molar-refractivity contribution in [1.29, 1.82) is 0 Å². The van der Waals surface area contributed by atoms with Crippen molar-refractivity contribution in [2.75, 3.05) is 20.1 Å². The van der Waals surface area contributed by atoms with Gasteiger partial charge in [-0.25, -0.2) is 0 Å². The second-order valence-electron chi connectivity index (χ2n) is 5.77. The van der Waals surface area contributed by atoms with Gasteiger partial charge in [0.2, 0.25) is 0 Å². The van der Waals surface area contributed by atoms with Gasteiger partial charge in [-0.3, -0.25) is 0 Å². The Labute approximate surface area is 122 Å². The Kier molecular flexibility index (Phi) is 5.68. The Bertz CT molecular complexity index is 371. The van der Waals surface area contributed by atoms with E-state index in [1.54, 1.807) is 0 Å². The Morgan fingerprint density at radius 1 is 1.32 bits per heavy atom. The summed E-state index contributed by atoms with van der Waals surface area (Å²) in [6.45, 7) is 4.64. The molecule has 0 aliphatic carbocycles. The average Bonchev–Trinajstić information content (AvgIpc) is 2.42. The Balaban J connectivity index is 1.81. The van der Waals surface area contributed by atoms with E-state index in [0.29, 0.717) is 12.1 Å². The number of piperidine rings is 1. The number of nitrogens with one attached hydrogen (secondary N) is 1. The van der Waals surface area contributed by atoms with Crippen LogP contribution in [-0.4, -0.2) is 37.1 Å². The fraction of sp³-hybridized carbons (Fsp3) is 0.625. The fourth-order valence-electron chi connectivity index (χ4n) is 2.72. The number of hydrogen-bond acceptors (Lipinski definition) is 2. The number of hydrogen-bond donors (Lipinski definition) is 1. The van der Waals surface area contributed by atoms with Crippen molar-refractivity contribution in [3.8, 4) is 0 Å². The molecule has 0 bridgehead atoms. The molecule has 0 amide bonds. The second-order valence-corrected chi connectivity index (χ2v) is 6.20. The molecule has 1 aliphatic heterocycles. The van der Waals surface area contributed by atoms with E-state index in [2.05, 4.69) is 36.3 Å². The van der Waals surface area contributed by atoms with Gasteiger partial charge in [0, 0.05) is 23.7 Å². The molecule has 0 spiro atoms. The van der Waals surface area contributed by atoms with Crippen molar-refractivity contribution in [2.24, 2.45) is 0 Å². The minimum atomic E-state index is 0.560. The molecule has 2 atom stereocenters. The highest BCUT2D eigenvalue weighted by Gasteiger charge is 2.17. The molecule has 2 unspecified atom stereocenters. The lowest BCUT2D eigenvalue weighted by Crippen LogP contribution is -2.45. The van der Waals surface area contributed by atoms with Gasteiger partial charge in [-0.05, 0) is 57.5 Å². The molecule has 3 heteroatoms. The first-order chi connectivity index (χ1) is 9.15. The first-order valence-corrected chi connectivity index (χ1v) is 7.71. The maximum atomic E-state index is 5.92. The van der Waals surface area contributed by atoms with Crippen LogP contribution in [0.5, 0.6) is 0 Å². The van der Waals surface area contributed by atoms with E-state index in [9.17, 15) is 0 Å². The minimum absolute atomic E-state index is 0.560. The molecule has 2 nitrogen and oxygen atoms in total. The van der Waals surface area contributed by atoms with Crippen LogP contribution in [0.3, 0.4) is 0 Å². The molecular weight excluding hydrogens is 256 g/mol. The van der Waals surface area contributed by atoms with Gasteiger partial charge in [-0.1, -0.05) is 30.2 Å². The zero-order chi connectivity index (χ0) is 13.7. The zero-order valence-corrected chi connectivity index (χ0v) is 12.8. The van der Waals surface area contributed by atoms with Crippen LogP contribution in [0.25, 0.3) is 0 Å². The molecule has 0 radical (unpaired) electrons. The van der Waals surface area contributed by atoms with Gasteiger partial charge in [0.25, 0.3) is 0 Å². The average molecular weight is 281 g/mol. The first-order valence-electron chi connectivity index (χ1n) is 7.33. The van der Waals surface area contributed by atoms with Crippen molar-refractivity contribution in [1.82, 2.24) is 10.2 Å². The minimum Gasteiger partial charge on any atom is -0.313 e. The molecule has 1 N–H and O–H groups in total.